The molecule has 4 aromatic rings. The molecule has 216 valence electrons. The summed E-state index contributed by atoms with van der Waals surface area (Å²) in [6, 6.07) is 15.6. The predicted molar refractivity (Wildman–Crippen MR) is 162 cm³/mol. The molecule has 1 aliphatic heterocycles. The lowest BCUT2D eigenvalue weighted by Gasteiger charge is -2.13. The van der Waals surface area contributed by atoms with Crippen LogP contribution < -0.4 is 20.1 Å². The molecular formula is C31H35ClFN5O3. The van der Waals surface area contributed by atoms with Crippen molar-refractivity contribution in [3.8, 4) is 11.5 Å². The number of fused-ring (bicyclic) bond motifs is 1. The first kappa shape index (κ1) is 30.0. The fourth-order valence-electron chi connectivity index (χ4n) is 4.09. The minimum atomic E-state index is -0.392. The Kier molecular flexibility index (Phi) is 11.1. The van der Waals surface area contributed by atoms with E-state index in [0.29, 0.717) is 40.2 Å². The summed E-state index contributed by atoms with van der Waals surface area (Å²) in [6.45, 7) is 7.13. The molecule has 0 amide bonds. The number of aromatic nitrogens is 2. The Bertz CT molecular complexity index is 1460. The van der Waals surface area contributed by atoms with Crippen molar-refractivity contribution >= 4 is 39.7 Å². The van der Waals surface area contributed by atoms with Gasteiger partial charge in [0.05, 0.1) is 30.0 Å². The highest BCUT2D eigenvalue weighted by atomic mass is 35.5. The summed E-state index contributed by atoms with van der Waals surface area (Å²) in [5.41, 5.74) is 3.83. The third kappa shape index (κ3) is 8.52. The van der Waals surface area contributed by atoms with Crippen LogP contribution in [-0.2, 0) is 11.4 Å². The molecule has 1 aromatic heterocycles. The third-order valence-corrected chi connectivity index (χ3v) is 6.69. The van der Waals surface area contributed by atoms with Gasteiger partial charge in [-0.15, -0.1) is 0 Å². The van der Waals surface area contributed by atoms with Crippen molar-refractivity contribution in [1.29, 1.82) is 0 Å². The maximum atomic E-state index is 13.2. The molecule has 2 heterocycles. The minimum absolute atomic E-state index is 0.144. The highest BCUT2D eigenvalue weighted by molar-refractivity contribution is 6.31. The number of nitrogens with zero attached hydrogens (tertiary/aromatic N) is 3. The molecule has 41 heavy (non-hydrogen) atoms. The van der Waals surface area contributed by atoms with Crippen LogP contribution in [0.2, 0.25) is 5.02 Å². The molecule has 8 nitrogen and oxygen atoms in total. The van der Waals surface area contributed by atoms with E-state index in [1.807, 2.05) is 50.2 Å². The van der Waals surface area contributed by atoms with Gasteiger partial charge in [-0.1, -0.05) is 41.9 Å². The Morgan fingerprint density at radius 2 is 1.83 bits per heavy atom. The molecule has 0 saturated carbocycles. The van der Waals surface area contributed by atoms with Crippen LogP contribution in [0.15, 0.2) is 66.1 Å². The van der Waals surface area contributed by atoms with E-state index in [1.54, 1.807) is 13.2 Å². The lowest BCUT2D eigenvalue weighted by atomic mass is 10.1. The zero-order valence-corrected chi connectivity index (χ0v) is 24.3. The topological polar surface area (TPSA) is 89.9 Å². The van der Waals surface area contributed by atoms with Gasteiger partial charge in [-0.3, -0.25) is 0 Å². The van der Waals surface area contributed by atoms with Crippen molar-refractivity contribution < 1.29 is 18.7 Å². The Morgan fingerprint density at radius 1 is 1.05 bits per heavy atom. The Labute approximate surface area is 244 Å². The molecule has 2 N–H and O–H groups in total. The zero-order chi connectivity index (χ0) is 29.0. The summed E-state index contributed by atoms with van der Waals surface area (Å²) in [5.74, 6) is 1.53. The second-order valence-electron chi connectivity index (χ2n) is 9.44. The summed E-state index contributed by atoms with van der Waals surface area (Å²) < 4.78 is 24.5. The molecule has 0 spiro atoms. The van der Waals surface area contributed by atoms with Crippen molar-refractivity contribution in [3.05, 3.63) is 82.9 Å². The van der Waals surface area contributed by atoms with E-state index in [2.05, 4.69) is 25.8 Å². The number of benzene rings is 3. The van der Waals surface area contributed by atoms with Crippen LogP contribution in [0.25, 0.3) is 10.9 Å². The molecule has 1 saturated heterocycles. The first-order chi connectivity index (χ1) is 20.0. The number of nitrogens with one attached hydrogen (secondary N) is 2. The van der Waals surface area contributed by atoms with E-state index in [9.17, 15) is 4.39 Å². The van der Waals surface area contributed by atoms with Gasteiger partial charge in [0.1, 0.15) is 24.6 Å². The van der Waals surface area contributed by atoms with Gasteiger partial charge in [0.2, 0.25) is 0 Å². The summed E-state index contributed by atoms with van der Waals surface area (Å²) in [7, 11) is 1.61. The molecule has 0 bridgehead atoms. The maximum absolute atomic E-state index is 13.2. The van der Waals surface area contributed by atoms with E-state index in [1.165, 1.54) is 44.4 Å². The van der Waals surface area contributed by atoms with Crippen LogP contribution in [-0.4, -0.2) is 42.5 Å². The van der Waals surface area contributed by atoms with E-state index in [4.69, 9.17) is 25.9 Å². The van der Waals surface area contributed by atoms with E-state index >= 15 is 0 Å². The number of ether oxygens (including phenoxy) is 2. The molecule has 1 aliphatic rings. The van der Waals surface area contributed by atoms with Crippen LogP contribution in [0.5, 0.6) is 11.5 Å². The molecule has 1 fully saturated rings. The summed E-state index contributed by atoms with van der Waals surface area (Å²) in [6.07, 6.45) is 5.18. The van der Waals surface area contributed by atoms with Gasteiger partial charge >= 0.3 is 0 Å². The second kappa shape index (κ2) is 15.2. The normalized spacial score (nSPS) is 13.0. The SMILES string of the molecule is C1CCNC1.CCCOc1cc2ncnc(Nc3ccc(/C(C)=N/OCc4ccc(F)cc4Cl)cc3)c2cc1OC. The van der Waals surface area contributed by atoms with Crippen LogP contribution in [0, 0.1) is 5.82 Å². The van der Waals surface area contributed by atoms with Crippen molar-refractivity contribution in [2.75, 3.05) is 32.1 Å². The molecule has 5 rings (SSSR count). The first-order valence-electron chi connectivity index (χ1n) is 13.6. The standard InChI is InChI=1S/C27H26ClFN4O3.C4H9N/c1-4-11-35-26-14-24-22(13-25(26)34-3)27(31-16-30-24)32-21-9-6-18(7-10-21)17(2)33-36-15-19-5-8-20(29)12-23(19)28;1-2-4-5-3-1/h5-10,12-14,16H,4,11,15H2,1-3H3,(H,30,31,32);5H,1-4H2/b33-17+;. The third-order valence-electron chi connectivity index (χ3n) is 6.34. The van der Waals surface area contributed by atoms with Crippen molar-refractivity contribution in [3.63, 3.8) is 0 Å². The molecule has 0 atom stereocenters. The molecule has 0 aliphatic carbocycles. The second-order valence-corrected chi connectivity index (χ2v) is 9.84. The van der Waals surface area contributed by atoms with Crippen LogP contribution in [0.3, 0.4) is 0 Å². The molecular weight excluding hydrogens is 545 g/mol. The zero-order valence-electron chi connectivity index (χ0n) is 23.5. The molecule has 10 heteroatoms. The summed E-state index contributed by atoms with van der Waals surface area (Å²) in [4.78, 5) is 14.2. The van der Waals surface area contributed by atoms with Crippen LogP contribution >= 0.6 is 11.6 Å². The van der Waals surface area contributed by atoms with E-state index in [-0.39, 0.29) is 6.61 Å². The van der Waals surface area contributed by atoms with Gasteiger partial charge in [-0.05, 0) is 75.2 Å². The molecule has 3 aromatic carbocycles. The number of halogens is 2. The number of methoxy groups -OCH3 is 1. The van der Waals surface area contributed by atoms with Crippen LogP contribution in [0.1, 0.15) is 44.2 Å². The maximum Gasteiger partial charge on any atom is 0.163 e. The first-order valence-corrected chi connectivity index (χ1v) is 14.0. The van der Waals surface area contributed by atoms with Gasteiger partial charge in [-0.25, -0.2) is 14.4 Å². The van der Waals surface area contributed by atoms with Gasteiger partial charge in [0.15, 0.2) is 11.5 Å². The average Bonchev–Trinajstić information content (AvgIpc) is 3.58. The average molecular weight is 580 g/mol. The highest BCUT2D eigenvalue weighted by Crippen LogP contribution is 2.34. The number of hydrogen-bond donors (Lipinski definition) is 2. The Hall–Kier alpha value is -3.95. The fraction of sp³-hybridized carbons (Fsp3) is 0.323. The largest absolute Gasteiger partial charge is 0.493 e. The van der Waals surface area contributed by atoms with E-state index in [0.717, 1.165) is 28.6 Å². The quantitative estimate of drug-likeness (QED) is 0.151. The number of anilines is 2. The van der Waals surface area contributed by atoms with Gasteiger partial charge < -0.3 is 24.9 Å². The molecule has 0 unspecified atom stereocenters. The van der Waals surface area contributed by atoms with Crippen LogP contribution in [0.4, 0.5) is 15.9 Å². The van der Waals surface area contributed by atoms with E-state index < -0.39 is 5.82 Å². The van der Waals surface area contributed by atoms with Gasteiger partial charge in [0.25, 0.3) is 0 Å². The summed E-state index contributed by atoms with van der Waals surface area (Å²) in [5, 5.41) is 11.8. The lowest BCUT2D eigenvalue weighted by Crippen LogP contribution is -2.03. The monoisotopic (exact) mass is 579 g/mol. The lowest BCUT2D eigenvalue weighted by molar-refractivity contribution is 0.130. The predicted octanol–water partition coefficient (Wildman–Crippen LogP) is 7.27. The number of oxime groups is 1. The number of rotatable bonds is 10. The minimum Gasteiger partial charge on any atom is -0.493 e. The number of hydrogen-bond acceptors (Lipinski definition) is 8. The van der Waals surface area contributed by atoms with Crippen molar-refractivity contribution in [2.24, 2.45) is 5.16 Å². The Morgan fingerprint density at radius 3 is 2.49 bits per heavy atom. The van der Waals surface area contributed by atoms with Crippen molar-refractivity contribution in [1.82, 2.24) is 15.3 Å². The smallest absolute Gasteiger partial charge is 0.163 e. The molecule has 0 radical (unpaired) electrons. The highest BCUT2D eigenvalue weighted by Gasteiger charge is 2.12. The Balaban J connectivity index is 0.000000699. The van der Waals surface area contributed by atoms with Crippen molar-refractivity contribution in [2.45, 2.75) is 39.7 Å². The summed E-state index contributed by atoms with van der Waals surface area (Å²) >= 11 is 6.03. The fourth-order valence-corrected chi connectivity index (χ4v) is 4.32. The van der Waals surface area contributed by atoms with Gasteiger partial charge in [-0.2, -0.15) is 0 Å². The van der Waals surface area contributed by atoms with Gasteiger partial charge in [0, 0.05) is 22.7 Å².